The Bertz CT molecular complexity index is 1100. The largest absolute Gasteiger partial charge is 0.418 e. The highest BCUT2D eigenvalue weighted by Crippen LogP contribution is 2.34. The number of para-hydroxylation sites is 1. The summed E-state index contributed by atoms with van der Waals surface area (Å²) in [7, 11) is 0. The van der Waals surface area contributed by atoms with Crippen LogP contribution in [0.15, 0.2) is 48.7 Å². The van der Waals surface area contributed by atoms with Crippen LogP contribution in [0.3, 0.4) is 0 Å². The first kappa shape index (κ1) is 21.7. The first-order valence-electron chi connectivity index (χ1n) is 10.2. The van der Waals surface area contributed by atoms with Crippen LogP contribution in [0.4, 0.5) is 29.3 Å². The third-order valence-corrected chi connectivity index (χ3v) is 5.48. The molecule has 32 heavy (non-hydrogen) atoms. The minimum absolute atomic E-state index is 0.240. The van der Waals surface area contributed by atoms with E-state index in [0.29, 0.717) is 26.2 Å². The summed E-state index contributed by atoms with van der Waals surface area (Å²) in [5.74, 6) is 0.723. The van der Waals surface area contributed by atoms with E-state index in [4.69, 9.17) is 0 Å². The highest BCUT2D eigenvalue weighted by Gasteiger charge is 2.34. The van der Waals surface area contributed by atoms with E-state index in [9.17, 15) is 18.0 Å². The highest BCUT2D eigenvalue weighted by molar-refractivity contribution is 5.90. The van der Waals surface area contributed by atoms with Crippen molar-refractivity contribution in [2.45, 2.75) is 20.0 Å². The molecule has 7 nitrogen and oxygen atoms in total. The lowest BCUT2D eigenvalue weighted by molar-refractivity contribution is -0.136. The molecule has 0 spiro atoms. The molecule has 1 N–H and O–H groups in total. The van der Waals surface area contributed by atoms with Gasteiger partial charge in [-0.15, -0.1) is 0 Å². The molecular formula is C22H23F3N6O. The molecule has 1 aliphatic heterocycles. The number of benzene rings is 1. The van der Waals surface area contributed by atoms with Crippen molar-refractivity contribution < 1.29 is 18.0 Å². The zero-order chi connectivity index (χ0) is 22.9. The van der Waals surface area contributed by atoms with Crippen LogP contribution < -0.4 is 10.2 Å². The van der Waals surface area contributed by atoms with E-state index in [1.165, 1.54) is 23.1 Å². The van der Waals surface area contributed by atoms with Gasteiger partial charge in [0.15, 0.2) is 5.82 Å². The normalized spacial score (nSPS) is 14.5. The summed E-state index contributed by atoms with van der Waals surface area (Å²) in [6.07, 6.45) is -2.83. The number of nitrogens with zero attached hydrogens (tertiary/aromatic N) is 5. The Kier molecular flexibility index (Phi) is 5.77. The second kappa shape index (κ2) is 8.52. The average molecular weight is 444 g/mol. The minimum atomic E-state index is -4.54. The second-order valence-corrected chi connectivity index (χ2v) is 7.57. The Morgan fingerprint density at radius 1 is 1.00 bits per heavy atom. The van der Waals surface area contributed by atoms with Gasteiger partial charge in [0.05, 0.1) is 28.3 Å². The van der Waals surface area contributed by atoms with E-state index < -0.39 is 17.8 Å². The van der Waals surface area contributed by atoms with E-state index in [1.54, 1.807) is 10.9 Å². The Labute approximate surface area is 183 Å². The number of aryl methyl sites for hydroxylation is 1. The van der Waals surface area contributed by atoms with Crippen molar-refractivity contribution in [2.75, 3.05) is 36.4 Å². The summed E-state index contributed by atoms with van der Waals surface area (Å²) in [5.41, 5.74) is 1.68. The standard InChI is InChI=1S/C22H23F3N6O/c1-15-20(16(2)31(28-15)19-9-5-6-10-26-19)29-11-13-30(14-12-29)21(32)27-18-8-4-3-7-17(18)22(23,24)25/h3-10H,11-14H2,1-2H3,(H,27,32). The summed E-state index contributed by atoms with van der Waals surface area (Å²) in [5, 5.41) is 7.02. The quantitative estimate of drug-likeness (QED) is 0.656. The van der Waals surface area contributed by atoms with Crippen LogP contribution in [0.25, 0.3) is 5.82 Å². The van der Waals surface area contributed by atoms with Crippen LogP contribution in [0.2, 0.25) is 0 Å². The van der Waals surface area contributed by atoms with Gasteiger partial charge in [-0.2, -0.15) is 18.3 Å². The molecule has 0 saturated carbocycles. The number of pyridine rings is 1. The summed E-state index contributed by atoms with van der Waals surface area (Å²) in [6, 6.07) is 10.1. The van der Waals surface area contributed by atoms with Crippen molar-refractivity contribution in [1.29, 1.82) is 0 Å². The fraction of sp³-hybridized carbons (Fsp3) is 0.318. The molecule has 0 radical (unpaired) electrons. The molecule has 0 unspecified atom stereocenters. The number of hydrogen-bond donors (Lipinski definition) is 1. The number of carbonyl (C=O) groups excluding carboxylic acids is 1. The van der Waals surface area contributed by atoms with Crippen molar-refractivity contribution in [2.24, 2.45) is 0 Å². The molecule has 1 saturated heterocycles. The molecule has 2 amide bonds. The molecule has 4 rings (SSSR count). The number of carbonyl (C=O) groups is 1. The lowest BCUT2D eigenvalue weighted by Crippen LogP contribution is -2.50. The number of halogens is 3. The number of rotatable bonds is 3. The molecule has 1 aromatic carbocycles. The van der Waals surface area contributed by atoms with Crippen molar-refractivity contribution in [1.82, 2.24) is 19.7 Å². The first-order valence-corrected chi connectivity index (χ1v) is 10.2. The van der Waals surface area contributed by atoms with Crippen molar-refractivity contribution in [3.05, 3.63) is 65.6 Å². The number of anilines is 2. The predicted octanol–water partition coefficient (Wildman–Crippen LogP) is 4.26. The van der Waals surface area contributed by atoms with Gasteiger partial charge in [-0.1, -0.05) is 18.2 Å². The molecule has 168 valence electrons. The smallest absolute Gasteiger partial charge is 0.365 e. The average Bonchev–Trinajstić information content (AvgIpc) is 3.08. The number of amides is 2. The van der Waals surface area contributed by atoms with Crippen LogP contribution in [-0.4, -0.2) is 51.9 Å². The number of nitrogens with one attached hydrogen (secondary N) is 1. The molecule has 3 heterocycles. The van der Waals surface area contributed by atoms with Gasteiger partial charge in [0.2, 0.25) is 0 Å². The Hall–Kier alpha value is -3.56. The molecule has 0 aliphatic carbocycles. The second-order valence-electron chi connectivity index (χ2n) is 7.57. The van der Waals surface area contributed by atoms with Crippen LogP contribution >= 0.6 is 0 Å². The van der Waals surface area contributed by atoms with Gasteiger partial charge in [0, 0.05) is 32.4 Å². The minimum Gasteiger partial charge on any atom is -0.365 e. The van der Waals surface area contributed by atoms with Crippen LogP contribution in [-0.2, 0) is 6.18 Å². The molecule has 0 atom stereocenters. The fourth-order valence-corrected chi connectivity index (χ4v) is 3.96. The summed E-state index contributed by atoms with van der Waals surface area (Å²) in [4.78, 5) is 20.6. The number of urea groups is 1. The van der Waals surface area contributed by atoms with Gasteiger partial charge >= 0.3 is 12.2 Å². The SMILES string of the molecule is Cc1nn(-c2ccccn2)c(C)c1N1CCN(C(=O)Nc2ccccc2C(F)(F)F)CC1. The third kappa shape index (κ3) is 4.25. The van der Waals surface area contributed by atoms with E-state index >= 15 is 0 Å². The molecule has 0 bridgehead atoms. The summed E-state index contributed by atoms with van der Waals surface area (Å²) < 4.78 is 41.4. The van der Waals surface area contributed by atoms with Gasteiger partial charge in [-0.3, -0.25) is 0 Å². The van der Waals surface area contributed by atoms with Crippen molar-refractivity contribution in [3.8, 4) is 5.82 Å². The van der Waals surface area contributed by atoms with Crippen molar-refractivity contribution >= 4 is 17.4 Å². The zero-order valence-corrected chi connectivity index (χ0v) is 17.7. The third-order valence-electron chi connectivity index (χ3n) is 5.48. The number of piperazine rings is 1. The molecule has 1 fully saturated rings. The van der Waals surface area contributed by atoms with Gasteiger partial charge in [-0.25, -0.2) is 14.5 Å². The maximum atomic E-state index is 13.2. The van der Waals surface area contributed by atoms with Crippen LogP contribution in [0.1, 0.15) is 17.0 Å². The van der Waals surface area contributed by atoms with E-state index in [0.717, 1.165) is 29.0 Å². The zero-order valence-electron chi connectivity index (χ0n) is 17.7. The molecule has 2 aromatic heterocycles. The maximum Gasteiger partial charge on any atom is 0.418 e. The van der Waals surface area contributed by atoms with E-state index in [-0.39, 0.29) is 5.69 Å². The fourth-order valence-electron chi connectivity index (χ4n) is 3.96. The molecular weight excluding hydrogens is 421 g/mol. The van der Waals surface area contributed by atoms with E-state index in [2.05, 4.69) is 20.3 Å². The molecule has 10 heteroatoms. The maximum absolute atomic E-state index is 13.2. The number of aromatic nitrogens is 3. The summed E-state index contributed by atoms with van der Waals surface area (Å²) in [6.45, 7) is 5.75. The van der Waals surface area contributed by atoms with Gasteiger partial charge in [-0.05, 0) is 38.1 Å². The topological polar surface area (TPSA) is 66.3 Å². The van der Waals surface area contributed by atoms with Gasteiger partial charge in [0.25, 0.3) is 0 Å². The number of hydrogen-bond acceptors (Lipinski definition) is 4. The molecule has 1 aliphatic rings. The van der Waals surface area contributed by atoms with Crippen LogP contribution in [0, 0.1) is 13.8 Å². The van der Waals surface area contributed by atoms with Gasteiger partial charge < -0.3 is 15.1 Å². The molecule has 3 aromatic rings. The lowest BCUT2D eigenvalue weighted by atomic mass is 10.1. The number of alkyl halides is 3. The highest BCUT2D eigenvalue weighted by atomic mass is 19.4. The summed E-state index contributed by atoms with van der Waals surface area (Å²) >= 11 is 0. The Morgan fingerprint density at radius 2 is 1.69 bits per heavy atom. The van der Waals surface area contributed by atoms with Crippen LogP contribution in [0.5, 0.6) is 0 Å². The Morgan fingerprint density at radius 3 is 2.34 bits per heavy atom. The first-order chi connectivity index (χ1) is 15.3. The predicted molar refractivity (Wildman–Crippen MR) is 115 cm³/mol. The lowest BCUT2D eigenvalue weighted by Gasteiger charge is -2.36. The monoisotopic (exact) mass is 444 g/mol. The van der Waals surface area contributed by atoms with Gasteiger partial charge in [0.1, 0.15) is 0 Å². The van der Waals surface area contributed by atoms with E-state index in [1.807, 2.05) is 32.0 Å². The Balaban J connectivity index is 1.44. The van der Waals surface area contributed by atoms with Crippen molar-refractivity contribution in [3.63, 3.8) is 0 Å².